The standard InChI is InChI=1S/C26H26N2O2S2.C2H6/c1-3-20(2)31-19-26(29)22-8-11-24(12-9-22)27-14-16-28(17-15-27)32(30)25-13-10-21-6-4-5-7-23(21)18-25;1-2/h4-13,18H,1,14-17,19H2,2H3;1-2H3. The molecule has 6 heteroatoms. The Bertz CT molecular complexity index is 1190. The van der Waals surface area contributed by atoms with Gasteiger partial charge in [0.15, 0.2) is 5.78 Å². The lowest BCUT2D eigenvalue weighted by Crippen LogP contribution is -2.46. The van der Waals surface area contributed by atoms with Crippen molar-refractivity contribution in [2.45, 2.75) is 25.7 Å². The van der Waals surface area contributed by atoms with Gasteiger partial charge in [-0.25, -0.2) is 8.51 Å². The number of hydrogen-bond donors (Lipinski definition) is 0. The summed E-state index contributed by atoms with van der Waals surface area (Å²) < 4.78 is 15.1. The fourth-order valence-corrected chi connectivity index (χ4v) is 5.53. The maximum Gasteiger partial charge on any atom is 0.173 e. The Morgan fingerprint density at radius 2 is 1.62 bits per heavy atom. The average Bonchev–Trinajstić information content (AvgIpc) is 2.92. The predicted molar refractivity (Wildman–Crippen MR) is 147 cm³/mol. The molecule has 0 radical (unpaired) electrons. The second-order valence-corrected chi connectivity index (χ2v) is 10.3. The maximum absolute atomic E-state index is 13.1. The van der Waals surface area contributed by atoms with Crippen LogP contribution in [0.1, 0.15) is 31.1 Å². The topological polar surface area (TPSA) is 40.6 Å². The number of benzene rings is 3. The molecule has 0 saturated carbocycles. The van der Waals surface area contributed by atoms with E-state index < -0.39 is 11.0 Å². The molecular weight excluding hydrogens is 460 g/mol. The summed E-state index contributed by atoms with van der Waals surface area (Å²) in [5, 5.41) is 2.27. The van der Waals surface area contributed by atoms with E-state index in [0.29, 0.717) is 11.3 Å². The molecular formula is C28H32N2O2S2. The van der Waals surface area contributed by atoms with Crippen LogP contribution in [0.25, 0.3) is 10.8 Å². The summed E-state index contributed by atoms with van der Waals surface area (Å²) in [5.41, 5.74) is 4.61. The number of Topliss-reactive ketones (excluding diaryl/α,β-unsaturated/α-hetero) is 1. The van der Waals surface area contributed by atoms with E-state index in [-0.39, 0.29) is 5.78 Å². The molecule has 4 nitrogen and oxygen atoms in total. The number of nitrogens with zero attached hydrogens (tertiary/aromatic N) is 2. The smallest absolute Gasteiger partial charge is 0.173 e. The lowest BCUT2D eigenvalue weighted by molar-refractivity contribution is 0.102. The predicted octanol–water partition coefficient (Wildman–Crippen LogP) is 6.32. The third-order valence-corrected chi connectivity index (χ3v) is 8.09. The molecule has 0 amide bonds. The van der Waals surface area contributed by atoms with E-state index >= 15 is 0 Å². The summed E-state index contributed by atoms with van der Waals surface area (Å²) in [4.78, 5) is 16.4. The van der Waals surface area contributed by atoms with E-state index in [1.165, 1.54) is 11.8 Å². The van der Waals surface area contributed by atoms with Crippen molar-refractivity contribution in [1.82, 2.24) is 4.31 Å². The molecule has 0 spiro atoms. The lowest BCUT2D eigenvalue weighted by atomic mass is 10.1. The molecule has 0 bridgehead atoms. The Kier molecular flexibility index (Phi) is 9.73. The Labute approximate surface area is 209 Å². The van der Waals surface area contributed by atoms with Crippen LogP contribution in [0.4, 0.5) is 5.69 Å². The summed E-state index contributed by atoms with van der Waals surface area (Å²) in [5.74, 6) is 0.499. The molecule has 34 heavy (non-hydrogen) atoms. The molecule has 1 saturated heterocycles. The normalized spacial score (nSPS) is 14.6. The summed E-state index contributed by atoms with van der Waals surface area (Å²) >= 11 is 1.46. The van der Waals surface area contributed by atoms with Gasteiger partial charge < -0.3 is 4.90 Å². The third-order valence-electron chi connectivity index (χ3n) is 5.62. The number of hydrogen-bond acceptors (Lipinski definition) is 4. The van der Waals surface area contributed by atoms with Crippen LogP contribution in [0.15, 0.2) is 88.8 Å². The first-order chi connectivity index (χ1) is 16.5. The fraction of sp³-hybridized carbons (Fsp3) is 0.286. The van der Waals surface area contributed by atoms with E-state index in [9.17, 15) is 9.00 Å². The zero-order chi connectivity index (χ0) is 24.5. The maximum atomic E-state index is 13.1. The molecule has 3 aromatic carbocycles. The first kappa shape index (κ1) is 26.0. The van der Waals surface area contributed by atoms with Gasteiger partial charge in [0.1, 0.15) is 11.0 Å². The highest BCUT2D eigenvalue weighted by atomic mass is 32.2. The van der Waals surface area contributed by atoms with Gasteiger partial charge in [0.05, 0.1) is 10.6 Å². The van der Waals surface area contributed by atoms with Crippen molar-refractivity contribution in [3.05, 3.63) is 89.5 Å². The fourth-order valence-electron chi connectivity index (χ4n) is 3.70. The first-order valence-corrected chi connectivity index (χ1v) is 13.7. The van der Waals surface area contributed by atoms with Gasteiger partial charge in [0.2, 0.25) is 0 Å². The number of carbonyl (C=O) groups excluding carboxylic acids is 1. The van der Waals surface area contributed by atoms with E-state index in [1.54, 1.807) is 0 Å². The molecule has 1 unspecified atom stereocenters. The monoisotopic (exact) mass is 492 g/mol. The van der Waals surface area contributed by atoms with Gasteiger partial charge in [-0.1, -0.05) is 50.8 Å². The van der Waals surface area contributed by atoms with Gasteiger partial charge in [-0.05, 0) is 54.1 Å². The van der Waals surface area contributed by atoms with Gasteiger partial charge in [-0.2, -0.15) is 0 Å². The molecule has 1 aliphatic heterocycles. The molecule has 1 heterocycles. The highest BCUT2D eigenvalue weighted by Crippen LogP contribution is 2.23. The second kappa shape index (κ2) is 12.7. The van der Waals surface area contributed by atoms with Gasteiger partial charge in [-0.15, -0.1) is 17.5 Å². The highest BCUT2D eigenvalue weighted by Gasteiger charge is 2.22. The van der Waals surface area contributed by atoms with Crippen molar-refractivity contribution < 1.29 is 9.00 Å². The van der Waals surface area contributed by atoms with E-state index in [4.69, 9.17) is 0 Å². The van der Waals surface area contributed by atoms with Crippen LogP contribution in [0.3, 0.4) is 0 Å². The van der Waals surface area contributed by atoms with Crippen LogP contribution in [-0.2, 0) is 11.0 Å². The number of anilines is 1. The average molecular weight is 493 g/mol. The molecule has 0 N–H and O–H groups in total. The number of thioether (sulfide) groups is 1. The lowest BCUT2D eigenvalue weighted by Gasteiger charge is -2.35. The van der Waals surface area contributed by atoms with Crippen LogP contribution in [0.5, 0.6) is 0 Å². The minimum absolute atomic E-state index is 0.103. The SMILES string of the molecule is C=C=C(C)SCC(=O)c1ccc(N2CCN(S(=O)c3ccc4ccccc4c3)CC2)cc1.CC. The van der Waals surface area contributed by atoms with Crippen molar-refractivity contribution in [1.29, 1.82) is 0 Å². The quantitative estimate of drug-likeness (QED) is 0.286. The van der Waals surface area contributed by atoms with Crippen molar-refractivity contribution in [3.63, 3.8) is 0 Å². The van der Waals surface area contributed by atoms with Crippen LogP contribution in [-0.4, -0.2) is 46.2 Å². The zero-order valence-corrected chi connectivity index (χ0v) is 21.8. The largest absolute Gasteiger partial charge is 0.369 e. The minimum Gasteiger partial charge on any atom is -0.369 e. The molecule has 0 aromatic heterocycles. The molecule has 1 fully saturated rings. The van der Waals surface area contributed by atoms with Crippen molar-refractivity contribution in [3.8, 4) is 0 Å². The number of allylic oxidation sites excluding steroid dienone is 1. The Balaban J connectivity index is 0.00000158. The molecule has 178 valence electrons. The Morgan fingerprint density at radius 3 is 2.26 bits per heavy atom. The first-order valence-electron chi connectivity index (χ1n) is 11.6. The number of ketones is 1. The molecule has 0 aliphatic carbocycles. The minimum atomic E-state index is -1.17. The number of carbonyl (C=O) groups is 1. The number of fused-ring (bicyclic) bond motifs is 1. The van der Waals surface area contributed by atoms with Crippen molar-refractivity contribution in [2.75, 3.05) is 36.8 Å². The Hall–Kier alpha value is -2.63. The van der Waals surface area contributed by atoms with Crippen LogP contribution in [0, 0.1) is 0 Å². The molecule has 3 aromatic rings. The van der Waals surface area contributed by atoms with Gasteiger partial charge in [-0.3, -0.25) is 4.79 Å². The van der Waals surface area contributed by atoms with Gasteiger partial charge >= 0.3 is 0 Å². The zero-order valence-electron chi connectivity index (χ0n) is 20.1. The van der Waals surface area contributed by atoms with Gasteiger partial charge in [0.25, 0.3) is 0 Å². The van der Waals surface area contributed by atoms with Crippen molar-refractivity contribution in [2.24, 2.45) is 0 Å². The van der Waals surface area contributed by atoms with Crippen molar-refractivity contribution >= 4 is 45.0 Å². The Morgan fingerprint density at radius 1 is 0.971 bits per heavy atom. The van der Waals surface area contributed by atoms with Gasteiger partial charge in [0, 0.05) is 42.3 Å². The highest BCUT2D eigenvalue weighted by molar-refractivity contribution is 8.03. The number of rotatable bonds is 7. The second-order valence-electron chi connectivity index (χ2n) is 7.67. The summed E-state index contributed by atoms with van der Waals surface area (Å²) in [6.07, 6.45) is 0. The summed E-state index contributed by atoms with van der Waals surface area (Å²) in [6.45, 7) is 12.5. The molecule has 1 atom stereocenters. The van der Waals surface area contributed by atoms with Crippen LogP contribution in [0.2, 0.25) is 0 Å². The molecule has 4 rings (SSSR count). The third kappa shape index (κ3) is 6.49. The van der Waals surface area contributed by atoms with Crippen LogP contribution < -0.4 is 4.90 Å². The molecule has 1 aliphatic rings. The van der Waals surface area contributed by atoms with E-state index in [0.717, 1.165) is 52.4 Å². The summed E-state index contributed by atoms with van der Waals surface area (Å²) in [6, 6.07) is 22.0. The van der Waals surface area contributed by atoms with E-state index in [2.05, 4.69) is 29.3 Å². The summed E-state index contributed by atoms with van der Waals surface area (Å²) in [7, 11) is -1.17. The van der Waals surface area contributed by atoms with Crippen LogP contribution >= 0.6 is 11.8 Å². The number of piperazine rings is 1. The van der Waals surface area contributed by atoms with E-state index in [1.807, 2.05) is 79.7 Å².